The number of phenolic OH excluding ortho intramolecular Hbond substituents is 2. The van der Waals surface area contributed by atoms with Gasteiger partial charge >= 0.3 is 0 Å². The van der Waals surface area contributed by atoms with E-state index < -0.39 is 37.3 Å². The molecule has 160 valence electrons. The fraction of sp³-hybridized carbons (Fsp3) is 0.381. The molecule has 4 rings (SSSR count). The van der Waals surface area contributed by atoms with E-state index in [1.807, 2.05) is 0 Å². The van der Waals surface area contributed by atoms with Gasteiger partial charge in [-0.05, 0) is 17.7 Å². The summed E-state index contributed by atoms with van der Waals surface area (Å²) < 4.78 is 17.0. The molecular formula is C21H22O9. The number of aliphatic hydroxyl groups excluding tert-OH is 3. The fourth-order valence-electron chi connectivity index (χ4n) is 3.65. The number of ether oxygens (including phenoxy) is 3. The average molecular weight is 418 g/mol. The second-order valence-electron chi connectivity index (χ2n) is 7.34. The maximum atomic E-state index is 12.6. The summed E-state index contributed by atoms with van der Waals surface area (Å²) in [5, 5.41) is 48.8. The first-order chi connectivity index (χ1) is 14.4. The highest BCUT2D eigenvalue weighted by Gasteiger charge is 2.38. The van der Waals surface area contributed by atoms with E-state index in [4.69, 9.17) is 14.2 Å². The largest absolute Gasteiger partial charge is 0.508 e. The summed E-state index contributed by atoms with van der Waals surface area (Å²) in [4.78, 5) is 12.6. The minimum Gasteiger partial charge on any atom is -0.508 e. The number of benzene rings is 2. The minimum atomic E-state index is -1.24. The Kier molecular flexibility index (Phi) is 5.52. The van der Waals surface area contributed by atoms with Gasteiger partial charge in [0.25, 0.3) is 0 Å². The van der Waals surface area contributed by atoms with E-state index in [9.17, 15) is 30.3 Å². The predicted molar refractivity (Wildman–Crippen MR) is 102 cm³/mol. The van der Waals surface area contributed by atoms with E-state index >= 15 is 0 Å². The van der Waals surface area contributed by atoms with Gasteiger partial charge in [-0.3, -0.25) is 4.79 Å². The Bertz CT molecular complexity index is 927. The topological polar surface area (TPSA) is 146 Å². The van der Waals surface area contributed by atoms with Crippen molar-refractivity contribution in [3.05, 3.63) is 47.5 Å². The first kappa shape index (κ1) is 20.4. The molecule has 0 aromatic heterocycles. The molecule has 5 atom stereocenters. The van der Waals surface area contributed by atoms with Crippen LogP contribution < -0.4 is 9.47 Å². The molecule has 9 heteroatoms. The third-order valence-corrected chi connectivity index (χ3v) is 5.22. The molecule has 2 aliphatic heterocycles. The zero-order chi connectivity index (χ0) is 21.4. The molecule has 0 radical (unpaired) electrons. The van der Waals surface area contributed by atoms with Crippen molar-refractivity contribution in [2.24, 2.45) is 0 Å². The summed E-state index contributed by atoms with van der Waals surface area (Å²) >= 11 is 0. The number of carbonyl (C=O) groups is 1. The lowest BCUT2D eigenvalue weighted by Gasteiger charge is -2.36. The second kappa shape index (κ2) is 8.11. The van der Waals surface area contributed by atoms with Gasteiger partial charge in [-0.2, -0.15) is 0 Å². The number of hydrogen-bond donors (Lipinski definition) is 5. The average Bonchev–Trinajstić information content (AvgIpc) is 2.70. The SMILES string of the molecule is O=C1C[C@@H](c2ccc(O)cc2)Oc2cc(O[C@@H]3C[C@@H](O)[C@H](O)[C@@H](CO)O3)cc(O)c21. The summed E-state index contributed by atoms with van der Waals surface area (Å²) in [5.41, 5.74) is 0.738. The van der Waals surface area contributed by atoms with Crippen molar-refractivity contribution >= 4 is 5.78 Å². The fourth-order valence-corrected chi connectivity index (χ4v) is 3.65. The number of hydrogen-bond acceptors (Lipinski definition) is 9. The van der Waals surface area contributed by atoms with Crippen LogP contribution in [0.3, 0.4) is 0 Å². The molecule has 2 aromatic carbocycles. The van der Waals surface area contributed by atoms with Crippen molar-refractivity contribution in [1.82, 2.24) is 0 Å². The highest BCUT2D eigenvalue weighted by Crippen LogP contribution is 2.42. The quantitative estimate of drug-likeness (QED) is 0.491. The maximum Gasteiger partial charge on any atom is 0.202 e. The summed E-state index contributed by atoms with van der Waals surface area (Å²) in [7, 11) is 0. The normalized spacial score (nSPS) is 28.5. The van der Waals surface area contributed by atoms with Gasteiger partial charge in [0.1, 0.15) is 46.9 Å². The number of phenols is 2. The van der Waals surface area contributed by atoms with Crippen LogP contribution in [0.1, 0.15) is 34.9 Å². The van der Waals surface area contributed by atoms with E-state index in [0.29, 0.717) is 5.56 Å². The Morgan fingerprint density at radius 3 is 2.53 bits per heavy atom. The Labute approximate surface area is 171 Å². The molecule has 0 aliphatic carbocycles. The smallest absolute Gasteiger partial charge is 0.202 e. The zero-order valence-electron chi connectivity index (χ0n) is 15.8. The van der Waals surface area contributed by atoms with Crippen LogP contribution in [0.15, 0.2) is 36.4 Å². The third kappa shape index (κ3) is 3.92. The minimum absolute atomic E-state index is 0.0273. The van der Waals surface area contributed by atoms with Crippen LogP contribution in [-0.4, -0.2) is 62.5 Å². The molecule has 2 aromatic rings. The number of aromatic hydroxyl groups is 2. The number of aliphatic hydroxyl groups is 3. The van der Waals surface area contributed by atoms with Crippen LogP contribution in [0.2, 0.25) is 0 Å². The van der Waals surface area contributed by atoms with Gasteiger partial charge in [0.15, 0.2) is 5.78 Å². The molecule has 1 fully saturated rings. The Morgan fingerprint density at radius 2 is 1.83 bits per heavy atom. The monoisotopic (exact) mass is 418 g/mol. The van der Waals surface area contributed by atoms with Crippen LogP contribution in [0.5, 0.6) is 23.0 Å². The van der Waals surface area contributed by atoms with Crippen LogP contribution in [0, 0.1) is 0 Å². The molecule has 5 N–H and O–H groups in total. The van der Waals surface area contributed by atoms with Gasteiger partial charge in [-0.25, -0.2) is 0 Å². The third-order valence-electron chi connectivity index (χ3n) is 5.22. The maximum absolute atomic E-state index is 12.6. The molecule has 0 saturated carbocycles. The molecule has 9 nitrogen and oxygen atoms in total. The molecule has 1 saturated heterocycles. The Balaban J connectivity index is 1.56. The van der Waals surface area contributed by atoms with Crippen LogP contribution in [0.25, 0.3) is 0 Å². The summed E-state index contributed by atoms with van der Waals surface area (Å²) in [5.74, 6) is -0.251. The molecule has 0 spiro atoms. The molecule has 0 unspecified atom stereocenters. The highest BCUT2D eigenvalue weighted by molar-refractivity contribution is 6.02. The highest BCUT2D eigenvalue weighted by atomic mass is 16.7. The van der Waals surface area contributed by atoms with Gasteiger partial charge in [0.2, 0.25) is 6.29 Å². The number of Topliss-reactive ketones (excluding diaryl/α,β-unsaturated/α-hetero) is 1. The molecule has 0 amide bonds. The van der Waals surface area contributed by atoms with Crippen LogP contribution in [-0.2, 0) is 4.74 Å². The van der Waals surface area contributed by atoms with Gasteiger partial charge in [-0.15, -0.1) is 0 Å². The van der Waals surface area contributed by atoms with E-state index in [-0.39, 0.29) is 47.2 Å². The first-order valence-corrected chi connectivity index (χ1v) is 9.50. The lowest BCUT2D eigenvalue weighted by atomic mass is 9.95. The van der Waals surface area contributed by atoms with Crippen LogP contribution in [0.4, 0.5) is 0 Å². The van der Waals surface area contributed by atoms with Gasteiger partial charge < -0.3 is 39.7 Å². The Morgan fingerprint density at radius 1 is 1.10 bits per heavy atom. The number of fused-ring (bicyclic) bond motifs is 1. The van der Waals surface area contributed by atoms with Crippen molar-refractivity contribution in [1.29, 1.82) is 0 Å². The van der Waals surface area contributed by atoms with Crippen molar-refractivity contribution < 1.29 is 44.5 Å². The lowest BCUT2D eigenvalue weighted by Crippen LogP contribution is -2.51. The summed E-state index contributed by atoms with van der Waals surface area (Å²) in [6, 6.07) is 8.97. The first-order valence-electron chi connectivity index (χ1n) is 9.50. The second-order valence-corrected chi connectivity index (χ2v) is 7.34. The van der Waals surface area contributed by atoms with Gasteiger partial charge in [0, 0.05) is 18.6 Å². The van der Waals surface area contributed by atoms with E-state index in [1.165, 1.54) is 24.3 Å². The van der Waals surface area contributed by atoms with Crippen molar-refractivity contribution in [3.8, 4) is 23.0 Å². The molecule has 2 aliphatic rings. The standard InChI is InChI=1S/C21H22O9/c22-9-18-21(27)15(26)8-19(30-18)28-12-5-13(24)20-14(25)7-16(29-17(20)6-12)10-1-3-11(23)4-2-10/h1-6,15-16,18-19,21-24,26-27H,7-9H2/t15-,16+,18-,19+,21+/m1/s1. The number of rotatable bonds is 4. The van der Waals surface area contributed by atoms with E-state index in [2.05, 4.69) is 0 Å². The molecule has 2 heterocycles. The van der Waals surface area contributed by atoms with Crippen molar-refractivity contribution in [2.75, 3.05) is 6.61 Å². The number of carbonyl (C=O) groups excluding carboxylic acids is 1. The van der Waals surface area contributed by atoms with E-state index in [1.54, 1.807) is 12.1 Å². The number of ketones is 1. The lowest BCUT2D eigenvalue weighted by molar-refractivity contribution is -0.230. The van der Waals surface area contributed by atoms with Gasteiger partial charge in [-0.1, -0.05) is 12.1 Å². The van der Waals surface area contributed by atoms with Crippen molar-refractivity contribution in [3.63, 3.8) is 0 Å². The molecule has 0 bridgehead atoms. The zero-order valence-corrected chi connectivity index (χ0v) is 15.8. The predicted octanol–water partition coefficient (Wildman–Crippen LogP) is 1.01. The summed E-state index contributed by atoms with van der Waals surface area (Å²) in [6.45, 7) is -0.501. The molecular weight excluding hydrogens is 396 g/mol. The van der Waals surface area contributed by atoms with Crippen LogP contribution >= 0.6 is 0 Å². The van der Waals surface area contributed by atoms with E-state index in [0.717, 1.165) is 0 Å². The summed E-state index contributed by atoms with van der Waals surface area (Å²) in [6.07, 6.45) is -5.00. The van der Waals surface area contributed by atoms with Crippen molar-refractivity contribution in [2.45, 2.75) is 43.5 Å². The van der Waals surface area contributed by atoms with Gasteiger partial charge in [0.05, 0.1) is 19.1 Å². The molecule has 30 heavy (non-hydrogen) atoms. The Hall–Kier alpha value is -2.85.